The normalized spacial score (nSPS) is 13.8. The van der Waals surface area contributed by atoms with Gasteiger partial charge in [0.1, 0.15) is 6.04 Å². The molecule has 0 saturated heterocycles. The Labute approximate surface area is 104 Å². The summed E-state index contributed by atoms with van der Waals surface area (Å²) in [5.41, 5.74) is 2.98. The Kier molecular flexibility index (Phi) is 3.37. The summed E-state index contributed by atoms with van der Waals surface area (Å²) < 4.78 is 38.9. The van der Waals surface area contributed by atoms with E-state index in [1.165, 1.54) is 0 Å². The highest BCUT2D eigenvalue weighted by molar-refractivity contribution is 7.11. The third kappa shape index (κ3) is 2.52. The number of nitrogens with two attached hydrogens (primary N) is 1. The highest BCUT2D eigenvalue weighted by atomic mass is 32.1. The van der Waals surface area contributed by atoms with Crippen molar-refractivity contribution in [1.82, 2.24) is 20.2 Å². The first-order chi connectivity index (χ1) is 8.41. The Morgan fingerprint density at radius 1 is 1.50 bits per heavy atom. The minimum Gasteiger partial charge on any atom is -0.275 e. The molecule has 0 spiro atoms. The minimum atomic E-state index is -4.44. The Bertz CT molecular complexity index is 532. The number of alkyl halides is 3. The van der Waals surface area contributed by atoms with Gasteiger partial charge in [-0.3, -0.25) is 10.5 Å². The molecule has 18 heavy (non-hydrogen) atoms. The third-order valence-corrected chi connectivity index (χ3v) is 3.35. The average molecular weight is 277 g/mol. The van der Waals surface area contributed by atoms with Crippen molar-refractivity contribution in [3.05, 3.63) is 34.0 Å². The summed E-state index contributed by atoms with van der Waals surface area (Å²) in [4.78, 5) is 3.72. The minimum absolute atomic E-state index is 0.364. The van der Waals surface area contributed by atoms with Gasteiger partial charge in [0.2, 0.25) is 0 Å². The summed E-state index contributed by atoms with van der Waals surface area (Å²) in [7, 11) is 1.71. The van der Waals surface area contributed by atoms with Gasteiger partial charge in [-0.1, -0.05) is 0 Å². The molecule has 1 atom stereocenters. The van der Waals surface area contributed by atoms with Crippen LogP contribution in [0.4, 0.5) is 13.2 Å². The van der Waals surface area contributed by atoms with Crippen molar-refractivity contribution in [3.8, 4) is 0 Å². The van der Waals surface area contributed by atoms with Crippen LogP contribution < -0.4 is 11.3 Å². The maximum Gasteiger partial charge on any atom is 0.443 e. The van der Waals surface area contributed by atoms with Gasteiger partial charge in [0, 0.05) is 24.3 Å². The summed E-state index contributed by atoms with van der Waals surface area (Å²) in [5, 5.41) is 3.21. The van der Waals surface area contributed by atoms with Crippen LogP contribution in [0.1, 0.15) is 21.6 Å². The van der Waals surface area contributed by atoms with Crippen molar-refractivity contribution >= 4 is 11.3 Å². The number of hydrogen-bond donors (Lipinski definition) is 2. The summed E-state index contributed by atoms with van der Waals surface area (Å²) in [6.07, 6.45) is -1.59. The molecule has 0 amide bonds. The van der Waals surface area contributed by atoms with Crippen molar-refractivity contribution in [2.75, 3.05) is 0 Å². The molecule has 9 heteroatoms. The van der Waals surface area contributed by atoms with Crippen LogP contribution in [-0.2, 0) is 13.2 Å². The molecule has 0 fully saturated rings. The van der Waals surface area contributed by atoms with E-state index in [9.17, 15) is 13.2 Å². The van der Waals surface area contributed by atoms with Crippen molar-refractivity contribution in [2.24, 2.45) is 12.9 Å². The average Bonchev–Trinajstić information content (AvgIpc) is 2.88. The fraction of sp³-hybridized carbons (Fsp3) is 0.333. The predicted molar refractivity (Wildman–Crippen MR) is 59.5 cm³/mol. The summed E-state index contributed by atoms with van der Waals surface area (Å²) >= 11 is 0.549. The number of nitrogens with zero attached hydrogens (tertiary/aromatic N) is 3. The maximum atomic E-state index is 12.5. The third-order valence-electron chi connectivity index (χ3n) is 2.25. The van der Waals surface area contributed by atoms with E-state index in [2.05, 4.69) is 15.5 Å². The molecule has 0 aromatic carbocycles. The van der Waals surface area contributed by atoms with Crippen molar-refractivity contribution in [3.63, 3.8) is 0 Å². The van der Waals surface area contributed by atoms with Gasteiger partial charge in [-0.2, -0.15) is 18.3 Å². The molecule has 98 valence electrons. The lowest BCUT2D eigenvalue weighted by Crippen LogP contribution is -2.28. The maximum absolute atomic E-state index is 12.5. The molecular weight excluding hydrogens is 267 g/mol. The van der Waals surface area contributed by atoms with Crippen LogP contribution in [-0.4, -0.2) is 14.8 Å². The number of rotatable bonds is 3. The lowest BCUT2D eigenvalue weighted by Gasteiger charge is -2.10. The van der Waals surface area contributed by atoms with E-state index < -0.39 is 17.2 Å². The van der Waals surface area contributed by atoms with Crippen LogP contribution in [0.15, 0.2) is 18.5 Å². The van der Waals surface area contributed by atoms with Gasteiger partial charge in [-0.15, -0.1) is 11.3 Å². The van der Waals surface area contributed by atoms with Crippen LogP contribution in [0.2, 0.25) is 0 Å². The number of nitrogens with one attached hydrogen (secondary N) is 1. The monoisotopic (exact) mass is 277 g/mol. The Morgan fingerprint density at radius 3 is 2.67 bits per heavy atom. The van der Waals surface area contributed by atoms with Gasteiger partial charge >= 0.3 is 6.18 Å². The molecule has 0 bridgehead atoms. The van der Waals surface area contributed by atoms with E-state index in [4.69, 9.17) is 5.84 Å². The van der Waals surface area contributed by atoms with E-state index in [1.54, 1.807) is 24.0 Å². The predicted octanol–water partition coefficient (Wildman–Crippen LogP) is 1.45. The van der Waals surface area contributed by atoms with Crippen LogP contribution in [0.3, 0.4) is 0 Å². The highest BCUT2D eigenvalue weighted by Crippen LogP contribution is 2.35. The van der Waals surface area contributed by atoms with Crippen LogP contribution in [0.5, 0.6) is 0 Å². The van der Waals surface area contributed by atoms with Crippen LogP contribution in [0.25, 0.3) is 0 Å². The van der Waals surface area contributed by atoms with Gasteiger partial charge in [0.15, 0.2) is 5.01 Å². The molecule has 2 aromatic heterocycles. The quantitative estimate of drug-likeness (QED) is 0.658. The molecule has 5 nitrogen and oxygen atoms in total. The molecule has 0 aliphatic rings. The van der Waals surface area contributed by atoms with Crippen molar-refractivity contribution in [1.29, 1.82) is 0 Å². The molecule has 0 radical (unpaired) electrons. The Morgan fingerprint density at radius 2 is 2.22 bits per heavy atom. The van der Waals surface area contributed by atoms with Crippen LogP contribution >= 0.6 is 11.3 Å². The second kappa shape index (κ2) is 4.67. The number of halogens is 3. The molecule has 2 aromatic rings. The summed E-state index contributed by atoms with van der Waals surface area (Å²) in [6, 6.07) is 1.08. The van der Waals surface area contributed by atoms with Gasteiger partial charge in [0.25, 0.3) is 0 Å². The molecule has 3 N–H and O–H groups in total. The SMILES string of the molecule is Cn1ccc(C(NN)c2cnc(C(F)(F)F)s2)n1. The second-order valence-electron chi connectivity index (χ2n) is 3.58. The van der Waals surface area contributed by atoms with E-state index >= 15 is 0 Å². The lowest BCUT2D eigenvalue weighted by atomic mass is 10.2. The molecule has 1 unspecified atom stereocenters. The summed E-state index contributed by atoms with van der Waals surface area (Å²) in [6.45, 7) is 0. The zero-order chi connectivity index (χ0) is 13.3. The summed E-state index contributed by atoms with van der Waals surface area (Å²) in [5.74, 6) is 5.36. The van der Waals surface area contributed by atoms with E-state index in [0.717, 1.165) is 6.20 Å². The van der Waals surface area contributed by atoms with Gasteiger partial charge < -0.3 is 0 Å². The first-order valence-electron chi connectivity index (χ1n) is 4.90. The topological polar surface area (TPSA) is 68.8 Å². The number of hydrogen-bond acceptors (Lipinski definition) is 5. The first-order valence-corrected chi connectivity index (χ1v) is 5.72. The zero-order valence-corrected chi connectivity index (χ0v) is 10.1. The smallest absolute Gasteiger partial charge is 0.275 e. The van der Waals surface area contributed by atoms with Gasteiger partial charge in [0.05, 0.1) is 5.69 Å². The van der Waals surface area contributed by atoms with Crippen molar-refractivity contribution in [2.45, 2.75) is 12.2 Å². The molecular formula is C9H10F3N5S. The van der Waals surface area contributed by atoms with E-state index in [1.807, 2.05) is 0 Å². The molecule has 0 aliphatic heterocycles. The zero-order valence-electron chi connectivity index (χ0n) is 9.27. The Balaban J connectivity index is 2.31. The molecule has 2 rings (SSSR count). The van der Waals surface area contributed by atoms with Crippen molar-refractivity contribution < 1.29 is 13.2 Å². The lowest BCUT2D eigenvalue weighted by molar-refractivity contribution is -0.137. The fourth-order valence-corrected chi connectivity index (χ4v) is 2.31. The largest absolute Gasteiger partial charge is 0.443 e. The molecule has 0 aliphatic carbocycles. The number of hydrazine groups is 1. The number of aryl methyl sites for hydroxylation is 1. The fourth-order valence-electron chi connectivity index (χ4n) is 1.45. The van der Waals surface area contributed by atoms with E-state index in [-0.39, 0.29) is 0 Å². The molecule has 2 heterocycles. The first kappa shape index (κ1) is 13.0. The number of aromatic nitrogens is 3. The van der Waals surface area contributed by atoms with Gasteiger partial charge in [-0.05, 0) is 6.07 Å². The second-order valence-corrected chi connectivity index (χ2v) is 4.64. The highest BCUT2D eigenvalue weighted by Gasteiger charge is 2.35. The van der Waals surface area contributed by atoms with E-state index in [0.29, 0.717) is 21.9 Å². The van der Waals surface area contributed by atoms with Crippen LogP contribution in [0, 0.1) is 0 Å². The van der Waals surface area contributed by atoms with Gasteiger partial charge in [-0.25, -0.2) is 10.4 Å². The molecule has 0 saturated carbocycles. The standard InChI is InChI=1S/C9H10F3N5S/c1-17-3-2-5(16-17)7(15-13)6-4-14-8(18-6)9(10,11)12/h2-4,7,15H,13H2,1H3. The Hall–Kier alpha value is -1.45. The number of thiazole rings is 1.